The van der Waals surface area contributed by atoms with Crippen molar-refractivity contribution in [2.24, 2.45) is 0 Å². The summed E-state index contributed by atoms with van der Waals surface area (Å²) in [4.78, 5) is 15.9. The summed E-state index contributed by atoms with van der Waals surface area (Å²) in [7, 11) is 0. The van der Waals surface area contributed by atoms with Crippen LogP contribution in [0.25, 0.3) is 11.1 Å². The zero-order chi connectivity index (χ0) is 14.5. The van der Waals surface area contributed by atoms with Crippen LogP contribution in [0.2, 0.25) is 0 Å². The fraction of sp³-hybridized carbons (Fsp3) is 0.294. The van der Waals surface area contributed by atoms with Gasteiger partial charge in [-0.2, -0.15) is 0 Å². The van der Waals surface area contributed by atoms with E-state index in [9.17, 15) is 4.79 Å². The molecule has 1 unspecified atom stereocenters. The van der Waals surface area contributed by atoms with Gasteiger partial charge in [0.25, 0.3) is 0 Å². The molecule has 1 amide bonds. The highest BCUT2D eigenvalue weighted by molar-refractivity contribution is 5.85. The highest BCUT2D eigenvalue weighted by Gasteiger charge is 2.21. The molecular formula is C17H21Cl2N3O. The van der Waals surface area contributed by atoms with Crippen LogP contribution in [0.4, 0.5) is 0 Å². The summed E-state index contributed by atoms with van der Waals surface area (Å²) in [5.41, 5.74) is 3.42. The van der Waals surface area contributed by atoms with Gasteiger partial charge in [-0.3, -0.25) is 9.78 Å². The van der Waals surface area contributed by atoms with E-state index in [1.54, 1.807) is 12.4 Å². The highest BCUT2D eigenvalue weighted by Crippen LogP contribution is 2.18. The van der Waals surface area contributed by atoms with Gasteiger partial charge in [-0.05, 0) is 48.2 Å². The first-order valence-corrected chi connectivity index (χ1v) is 7.33. The van der Waals surface area contributed by atoms with Crippen LogP contribution in [0.3, 0.4) is 0 Å². The first-order chi connectivity index (χ1) is 10.3. The summed E-state index contributed by atoms with van der Waals surface area (Å²) in [5, 5.41) is 6.19. The van der Waals surface area contributed by atoms with Crippen LogP contribution < -0.4 is 10.6 Å². The van der Waals surface area contributed by atoms with Crippen LogP contribution in [0.1, 0.15) is 18.4 Å². The molecular weight excluding hydrogens is 333 g/mol. The van der Waals surface area contributed by atoms with E-state index in [1.807, 2.05) is 12.1 Å². The van der Waals surface area contributed by atoms with E-state index in [0.717, 1.165) is 36.1 Å². The van der Waals surface area contributed by atoms with Gasteiger partial charge in [-0.25, -0.2) is 0 Å². The molecule has 2 heterocycles. The fourth-order valence-electron chi connectivity index (χ4n) is 2.58. The summed E-state index contributed by atoms with van der Waals surface area (Å²) in [5.74, 6) is 0.103. The first-order valence-electron chi connectivity index (χ1n) is 7.33. The number of aromatic nitrogens is 1. The van der Waals surface area contributed by atoms with Gasteiger partial charge in [0.1, 0.15) is 0 Å². The van der Waals surface area contributed by atoms with Crippen molar-refractivity contribution in [3.63, 3.8) is 0 Å². The van der Waals surface area contributed by atoms with Crippen LogP contribution in [0, 0.1) is 0 Å². The van der Waals surface area contributed by atoms with Crippen molar-refractivity contribution in [2.45, 2.75) is 25.4 Å². The number of carbonyl (C=O) groups excluding carboxylic acids is 1. The number of hydrogen-bond donors (Lipinski definition) is 2. The van der Waals surface area contributed by atoms with Gasteiger partial charge in [0.15, 0.2) is 0 Å². The molecule has 124 valence electrons. The number of amides is 1. The van der Waals surface area contributed by atoms with Crippen molar-refractivity contribution in [3.8, 4) is 11.1 Å². The zero-order valence-corrected chi connectivity index (χ0v) is 14.3. The quantitative estimate of drug-likeness (QED) is 0.888. The molecule has 4 nitrogen and oxygen atoms in total. The van der Waals surface area contributed by atoms with Gasteiger partial charge in [0.05, 0.1) is 6.04 Å². The molecule has 0 saturated carbocycles. The molecule has 1 atom stereocenters. The number of carbonyl (C=O) groups is 1. The van der Waals surface area contributed by atoms with E-state index < -0.39 is 0 Å². The van der Waals surface area contributed by atoms with Crippen molar-refractivity contribution in [2.75, 3.05) is 6.54 Å². The smallest absolute Gasteiger partial charge is 0.237 e. The third kappa shape index (κ3) is 5.20. The predicted octanol–water partition coefficient (Wildman–Crippen LogP) is 2.96. The van der Waals surface area contributed by atoms with Crippen molar-refractivity contribution >= 4 is 30.7 Å². The van der Waals surface area contributed by atoms with Crippen LogP contribution in [0.15, 0.2) is 48.8 Å². The monoisotopic (exact) mass is 353 g/mol. The number of nitrogens with one attached hydrogen (secondary N) is 2. The summed E-state index contributed by atoms with van der Waals surface area (Å²) in [6, 6.07) is 12.2. The van der Waals surface area contributed by atoms with Gasteiger partial charge in [0, 0.05) is 18.9 Å². The molecule has 1 aromatic heterocycles. The lowest BCUT2D eigenvalue weighted by Gasteiger charge is -2.11. The Hall–Kier alpha value is -1.62. The number of halogens is 2. The topological polar surface area (TPSA) is 54.0 Å². The van der Waals surface area contributed by atoms with Crippen LogP contribution >= 0.6 is 24.8 Å². The summed E-state index contributed by atoms with van der Waals surface area (Å²) >= 11 is 0. The van der Waals surface area contributed by atoms with Crippen LogP contribution in [-0.4, -0.2) is 23.5 Å². The molecule has 6 heteroatoms. The molecule has 0 spiro atoms. The lowest BCUT2D eigenvalue weighted by molar-refractivity contribution is -0.122. The number of rotatable bonds is 4. The Morgan fingerprint density at radius 3 is 2.35 bits per heavy atom. The molecule has 1 saturated heterocycles. The highest BCUT2D eigenvalue weighted by atomic mass is 35.5. The lowest BCUT2D eigenvalue weighted by atomic mass is 10.1. The van der Waals surface area contributed by atoms with E-state index in [-0.39, 0.29) is 36.8 Å². The maximum atomic E-state index is 11.9. The van der Waals surface area contributed by atoms with Crippen LogP contribution in [-0.2, 0) is 11.3 Å². The van der Waals surface area contributed by atoms with Gasteiger partial charge >= 0.3 is 0 Å². The van der Waals surface area contributed by atoms with E-state index in [4.69, 9.17) is 0 Å². The van der Waals surface area contributed by atoms with E-state index in [0.29, 0.717) is 6.54 Å². The molecule has 23 heavy (non-hydrogen) atoms. The summed E-state index contributed by atoms with van der Waals surface area (Å²) in [6.45, 7) is 1.52. The Bertz CT molecular complexity index is 599. The minimum atomic E-state index is -0.0129. The molecule has 2 N–H and O–H groups in total. The maximum absolute atomic E-state index is 11.9. The van der Waals surface area contributed by atoms with Crippen molar-refractivity contribution in [3.05, 3.63) is 54.4 Å². The number of benzene rings is 1. The Morgan fingerprint density at radius 1 is 1.09 bits per heavy atom. The third-order valence-electron chi connectivity index (χ3n) is 3.81. The Balaban J connectivity index is 0.00000132. The van der Waals surface area contributed by atoms with Crippen molar-refractivity contribution in [1.82, 2.24) is 15.6 Å². The molecule has 1 aromatic carbocycles. The average molecular weight is 354 g/mol. The molecule has 1 fully saturated rings. The average Bonchev–Trinajstić information content (AvgIpc) is 3.08. The van der Waals surface area contributed by atoms with Gasteiger partial charge in [-0.1, -0.05) is 24.3 Å². The van der Waals surface area contributed by atoms with Gasteiger partial charge < -0.3 is 10.6 Å². The third-order valence-corrected chi connectivity index (χ3v) is 3.81. The SMILES string of the molecule is Cl.Cl.O=C(NCc1ccc(-c2ccncc2)cc1)C1CCCN1. The van der Waals surface area contributed by atoms with Gasteiger partial charge in [0.2, 0.25) is 5.91 Å². The molecule has 0 aliphatic carbocycles. The first kappa shape index (κ1) is 19.4. The van der Waals surface area contributed by atoms with Crippen LogP contribution in [0.5, 0.6) is 0 Å². The second kappa shape index (κ2) is 9.50. The number of pyridine rings is 1. The Labute approximate surface area is 148 Å². The number of hydrogen-bond acceptors (Lipinski definition) is 3. The fourth-order valence-corrected chi connectivity index (χ4v) is 2.58. The molecule has 1 aliphatic rings. The molecule has 2 aromatic rings. The molecule has 3 rings (SSSR count). The normalized spacial score (nSPS) is 16.1. The van der Waals surface area contributed by atoms with Crippen molar-refractivity contribution < 1.29 is 4.79 Å². The van der Waals surface area contributed by atoms with Gasteiger partial charge in [-0.15, -0.1) is 24.8 Å². The minimum Gasteiger partial charge on any atom is -0.351 e. The zero-order valence-electron chi connectivity index (χ0n) is 12.7. The standard InChI is InChI=1S/C17H19N3O.2ClH/c21-17(16-2-1-9-19-16)20-12-13-3-5-14(6-4-13)15-7-10-18-11-8-15;;/h3-8,10-11,16,19H,1-2,9,12H2,(H,20,21);2*1H. The predicted molar refractivity (Wildman–Crippen MR) is 97.0 cm³/mol. The molecule has 1 aliphatic heterocycles. The maximum Gasteiger partial charge on any atom is 0.237 e. The van der Waals surface area contributed by atoms with E-state index in [2.05, 4.69) is 39.9 Å². The number of nitrogens with zero attached hydrogens (tertiary/aromatic N) is 1. The van der Waals surface area contributed by atoms with Crippen molar-refractivity contribution in [1.29, 1.82) is 0 Å². The second-order valence-electron chi connectivity index (χ2n) is 5.30. The lowest BCUT2D eigenvalue weighted by Crippen LogP contribution is -2.39. The van der Waals surface area contributed by atoms with E-state index >= 15 is 0 Å². The second-order valence-corrected chi connectivity index (χ2v) is 5.30. The Kier molecular flexibility index (Phi) is 8.03. The molecule has 0 bridgehead atoms. The minimum absolute atomic E-state index is 0. The summed E-state index contributed by atoms with van der Waals surface area (Å²) in [6.07, 6.45) is 5.60. The Morgan fingerprint density at radius 2 is 1.74 bits per heavy atom. The largest absolute Gasteiger partial charge is 0.351 e. The molecule has 0 radical (unpaired) electrons. The summed E-state index contributed by atoms with van der Waals surface area (Å²) < 4.78 is 0. The van der Waals surface area contributed by atoms with E-state index in [1.165, 1.54) is 0 Å².